The molecule has 28 heavy (non-hydrogen) atoms. The Morgan fingerprint density at radius 3 is 2.57 bits per heavy atom. The highest BCUT2D eigenvalue weighted by molar-refractivity contribution is 6.30. The average Bonchev–Trinajstić information content (AvgIpc) is 3.26. The third-order valence-electron chi connectivity index (χ3n) is 4.91. The van der Waals surface area contributed by atoms with Crippen LogP contribution >= 0.6 is 11.6 Å². The van der Waals surface area contributed by atoms with Gasteiger partial charge >= 0.3 is 0 Å². The Kier molecular flexibility index (Phi) is 4.73. The lowest BCUT2D eigenvalue weighted by molar-refractivity contribution is -0.130. The van der Waals surface area contributed by atoms with Crippen LogP contribution in [0.5, 0.6) is 0 Å². The van der Waals surface area contributed by atoms with E-state index in [2.05, 4.69) is 15.4 Å². The molecule has 0 saturated carbocycles. The number of halogens is 1. The number of aryl methyl sites for hydroxylation is 1. The Balaban J connectivity index is 1.69. The summed E-state index contributed by atoms with van der Waals surface area (Å²) in [5.41, 5.74) is 5.41. The van der Waals surface area contributed by atoms with Crippen LogP contribution in [0, 0.1) is 13.8 Å². The zero-order valence-corrected chi connectivity index (χ0v) is 16.7. The fourth-order valence-electron chi connectivity index (χ4n) is 3.44. The van der Waals surface area contributed by atoms with Gasteiger partial charge in [-0.15, -0.1) is 5.10 Å². The standard InChI is InChI=1S/C21H20ClN5O/c1-13-7-9-18(10-8-13)26-14(2)21(23-25-26)19-12-20(27(24-19)15(3)28)16-5-4-6-17(22)11-16/h4-11,20H,12H2,1-3H3. The van der Waals surface area contributed by atoms with Crippen LogP contribution < -0.4 is 0 Å². The number of benzene rings is 2. The molecule has 142 valence electrons. The van der Waals surface area contributed by atoms with E-state index in [4.69, 9.17) is 11.6 Å². The van der Waals surface area contributed by atoms with Gasteiger partial charge in [0.25, 0.3) is 0 Å². The first-order valence-corrected chi connectivity index (χ1v) is 9.44. The quantitative estimate of drug-likeness (QED) is 0.668. The first kappa shape index (κ1) is 18.4. The third-order valence-corrected chi connectivity index (χ3v) is 5.15. The molecule has 2 heterocycles. The molecule has 0 aliphatic carbocycles. The SMILES string of the molecule is CC(=O)N1N=C(c2nnn(-c3ccc(C)cc3)c2C)CC1c1cccc(Cl)c1. The molecule has 4 rings (SSSR count). The second kappa shape index (κ2) is 7.20. The second-order valence-corrected chi connectivity index (χ2v) is 7.39. The molecule has 1 atom stereocenters. The fourth-order valence-corrected chi connectivity index (χ4v) is 3.64. The number of rotatable bonds is 3. The predicted molar refractivity (Wildman–Crippen MR) is 109 cm³/mol. The summed E-state index contributed by atoms with van der Waals surface area (Å²) >= 11 is 6.14. The maximum Gasteiger partial charge on any atom is 0.240 e. The van der Waals surface area contributed by atoms with Gasteiger partial charge in [0, 0.05) is 18.4 Å². The maximum absolute atomic E-state index is 12.2. The van der Waals surface area contributed by atoms with Crippen LogP contribution in [0.4, 0.5) is 0 Å². The van der Waals surface area contributed by atoms with Gasteiger partial charge in [0.15, 0.2) is 0 Å². The summed E-state index contributed by atoms with van der Waals surface area (Å²) in [6.45, 7) is 5.52. The van der Waals surface area contributed by atoms with Crippen LogP contribution in [0.25, 0.3) is 5.69 Å². The van der Waals surface area contributed by atoms with E-state index in [1.54, 1.807) is 4.68 Å². The second-order valence-electron chi connectivity index (χ2n) is 6.96. The highest BCUT2D eigenvalue weighted by Gasteiger charge is 2.33. The van der Waals surface area contributed by atoms with E-state index < -0.39 is 0 Å². The highest BCUT2D eigenvalue weighted by atomic mass is 35.5. The largest absolute Gasteiger partial charge is 0.273 e. The maximum atomic E-state index is 12.2. The van der Waals surface area contributed by atoms with E-state index in [1.807, 2.05) is 62.4 Å². The Labute approximate surface area is 168 Å². The number of aromatic nitrogens is 3. The predicted octanol–water partition coefficient (Wildman–Crippen LogP) is 4.24. The van der Waals surface area contributed by atoms with Gasteiger partial charge in [0.1, 0.15) is 5.69 Å². The number of hydrogen-bond acceptors (Lipinski definition) is 4. The zero-order chi connectivity index (χ0) is 19.8. The van der Waals surface area contributed by atoms with Gasteiger partial charge < -0.3 is 0 Å². The molecular formula is C21H20ClN5O. The minimum Gasteiger partial charge on any atom is -0.273 e. The number of carbonyl (C=O) groups is 1. The molecule has 2 aromatic carbocycles. The molecule has 3 aromatic rings. The van der Waals surface area contributed by atoms with E-state index in [-0.39, 0.29) is 11.9 Å². The smallest absolute Gasteiger partial charge is 0.240 e. The molecule has 1 amide bonds. The molecule has 6 nitrogen and oxygen atoms in total. The van der Waals surface area contributed by atoms with Crippen molar-refractivity contribution in [3.05, 3.63) is 76.1 Å². The van der Waals surface area contributed by atoms with Crippen molar-refractivity contribution in [3.8, 4) is 5.69 Å². The Morgan fingerprint density at radius 2 is 1.89 bits per heavy atom. The lowest BCUT2D eigenvalue weighted by atomic mass is 10.00. The normalized spacial score (nSPS) is 16.4. The molecule has 0 spiro atoms. The van der Waals surface area contributed by atoms with E-state index in [0.717, 1.165) is 22.7 Å². The molecule has 7 heteroatoms. The van der Waals surface area contributed by atoms with E-state index >= 15 is 0 Å². The average molecular weight is 394 g/mol. The zero-order valence-electron chi connectivity index (χ0n) is 15.9. The van der Waals surface area contributed by atoms with E-state index in [0.29, 0.717) is 17.1 Å². The van der Waals surface area contributed by atoms with Gasteiger partial charge in [0.05, 0.1) is 23.1 Å². The van der Waals surface area contributed by atoms with Crippen molar-refractivity contribution in [2.45, 2.75) is 33.2 Å². The summed E-state index contributed by atoms with van der Waals surface area (Å²) < 4.78 is 1.79. The van der Waals surface area contributed by atoms with Crippen LogP contribution in [-0.4, -0.2) is 31.6 Å². The first-order chi connectivity index (χ1) is 13.4. The summed E-state index contributed by atoms with van der Waals surface area (Å²) in [4.78, 5) is 12.2. The lowest BCUT2D eigenvalue weighted by Crippen LogP contribution is -2.24. The number of amides is 1. The van der Waals surface area contributed by atoms with Crippen LogP contribution in [0.2, 0.25) is 5.02 Å². The van der Waals surface area contributed by atoms with Gasteiger partial charge in [-0.1, -0.05) is 46.6 Å². The minimum absolute atomic E-state index is 0.122. The first-order valence-electron chi connectivity index (χ1n) is 9.06. The Hall–Kier alpha value is -2.99. The van der Waals surface area contributed by atoms with Crippen molar-refractivity contribution < 1.29 is 4.79 Å². The van der Waals surface area contributed by atoms with E-state index in [9.17, 15) is 4.79 Å². The van der Waals surface area contributed by atoms with Crippen LogP contribution in [0.1, 0.15) is 41.9 Å². The van der Waals surface area contributed by atoms with E-state index in [1.165, 1.54) is 17.5 Å². The van der Waals surface area contributed by atoms with Crippen molar-refractivity contribution in [3.63, 3.8) is 0 Å². The molecule has 0 bridgehead atoms. The fraction of sp³-hybridized carbons (Fsp3) is 0.238. The summed E-state index contributed by atoms with van der Waals surface area (Å²) in [5, 5.41) is 15.4. The molecule has 1 unspecified atom stereocenters. The van der Waals surface area contributed by atoms with Crippen LogP contribution in [0.15, 0.2) is 53.6 Å². The molecule has 1 aliphatic rings. The molecule has 0 fully saturated rings. The minimum atomic E-state index is -0.199. The summed E-state index contributed by atoms with van der Waals surface area (Å²) in [5.74, 6) is -0.122. The van der Waals surface area contributed by atoms with Gasteiger partial charge in [0.2, 0.25) is 5.91 Å². The van der Waals surface area contributed by atoms with Crippen molar-refractivity contribution in [2.24, 2.45) is 5.10 Å². The lowest BCUT2D eigenvalue weighted by Gasteiger charge is -2.20. The molecular weight excluding hydrogens is 374 g/mol. The monoisotopic (exact) mass is 393 g/mol. The Morgan fingerprint density at radius 1 is 1.14 bits per heavy atom. The van der Waals surface area contributed by atoms with Gasteiger partial charge in [-0.3, -0.25) is 4.79 Å². The molecule has 0 saturated heterocycles. The number of nitrogens with zero attached hydrogens (tertiary/aromatic N) is 5. The van der Waals surface area contributed by atoms with Crippen molar-refractivity contribution >= 4 is 23.2 Å². The van der Waals surface area contributed by atoms with Gasteiger partial charge in [-0.2, -0.15) is 5.10 Å². The highest BCUT2D eigenvalue weighted by Crippen LogP contribution is 2.34. The van der Waals surface area contributed by atoms with Crippen molar-refractivity contribution in [2.75, 3.05) is 0 Å². The van der Waals surface area contributed by atoms with Gasteiger partial charge in [-0.25, -0.2) is 9.69 Å². The number of carbonyl (C=O) groups excluding carboxylic acids is 1. The molecule has 0 N–H and O–H groups in total. The molecule has 1 aromatic heterocycles. The topological polar surface area (TPSA) is 63.4 Å². The van der Waals surface area contributed by atoms with Gasteiger partial charge in [-0.05, 0) is 43.7 Å². The molecule has 1 aliphatic heterocycles. The Bertz CT molecular complexity index is 1070. The summed E-state index contributed by atoms with van der Waals surface area (Å²) in [7, 11) is 0. The molecule has 0 radical (unpaired) electrons. The third kappa shape index (κ3) is 3.31. The van der Waals surface area contributed by atoms with Crippen LogP contribution in [-0.2, 0) is 4.79 Å². The summed E-state index contributed by atoms with van der Waals surface area (Å²) in [6.07, 6.45) is 0.563. The van der Waals surface area contributed by atoms with Crippen molar-refractivity contribution in [1.29, 1.82) is 0 Å². The van der Waals surface area contributed by atoms with Crippen molar-refractivity contribution in [1.82, 2.24) is 20.0 Å². The van der Waals surface area contributed by atoms with Crippen LogP contribution in [0.3, 0.4) is 0 Å². The number of hydrazone groups is 1. The number of hydrogen-bond donors (Lipinski definition) is 0. The summed E-state index contributed by atoms with van der Waals surface area (Å²) in [6, 6.07) is 15.4.